The fourth-order valence-corrected chi connectivity index (χ4v) is 3.40. The monoisotopic (exact) mass is 302 g/mol. The van der Waals surface area contributed by atoms with Crippen molar-refractivity contribution < 1.29 is 19.1 Å². The molecular weight excluding hydrogens is 284 g/mol. The number of fused-ring (bicyclic) bond motifs is 1. The van der Waals surface area contributed by atoms with Gasteiger partial charge in [-0.05, 0) is 12.0 Å². The average Bonchev–Trinajstić information content (AvgIpc) is 3.07. The highest BCUT2D eigenvalue weighted by atomic mass is 16.6. The highest BCUT2D eigenvalue weighted by Crippen LogP contribution is 2.35. The van der Waals surface area contributed by atoms with Crippen LogP contribution in [0.1, 0.15) is 18.9 Å². The van der Waals surface area contributed by atoms with Gasteiger partial charge in [0, 0.05) is 6.54 Å². The standard InChI is InChI=1S/C16H18N2O4/c1-11-14-13(18(10-19)15(11)20)7-8-17(14)16(21)22-9-12-5-3-2-4-6-12/h2-6,10-11,13-14H,7-9H2,1H3/t11-,13-,14+/m0/s1. The second-order valence-electron chi connectivity index (χ2n) is 5.72. The molecule has 2 saturated heterocycles. The van der Waals surface area contributed by atoms with Crippen LogP contribution in [0.15, 0.2) is 30.3 Å². The number of hydrogen-bond donors (Lipinski definition) is 0. The Labute approximate surface area is 128 Å². The maximum Gasteiger partial charge on any atom is 0.410 e. The van der Waals surface area contributed by atoms with Crippen LogP contribution in [0, 0.1) is 5.92 Å². The lowest BCUT2D eigenvalue weighted by atomic mass is 10.0. The van der Waals surface area contributed by atoms with Crippen molar-refractivity contribution in [3.63, 3.8) is 0 Å². The van der Waals surface area contributed by atoms with E-state index in [0.717, 1.165) is 5.56 Å². The molecule has 0 aliphatic carbocycles. The number of hydrogen-bond acceptors (Lipinski definition) is 4. The summed E-state index contributed by atoms with van der Waals surface area (Å²) < 4.78 is 5.34. The third-order valence-corrected chi connectivity index (χ3v) is 4.49. The maximum absolute atomic E-state index is 12.3. The number of imide groups is 1. The first kappa shape index (κ1) is 14.6. The molecule has 3 rings (SSSR count). The van der Waals surface area contributed by atoms with Crippen LogP contribution < -0.4 is 0 Å². The van der Waals surface area contributed by atoms with E-state index in [1.165, 1.54) is 4.90 Å². The minimum atomic E-state index is -0.427. The van der Waals surface area contributed by atoms with Crippen LogP contribution in [0.25, 0.3) is 0 Å². The third kappa shape index (κ3) is 2.34. The van der Waals surface area contributed by atoms with Gasteiger partial charge >= 0.3 is 6.09 Å². The Morgan fingerprint density at radius 2 is 2.09 bits per heavy atom. The van der Waals surface area contributed by atoms with Gasteiger partial charge in [0.2, 0.25) is 12.3 Å². The fraction of sp³-hybridized carbons (Fsp3) is 0.438. The summed E-state index contributed by atoms with van der Waals surface area (Å²) in [4.78, 5) is 38.2. The predicted octanol–water partition coefficient (Wildman–Crippen LogP) is 1.40. The van der Waals surface area contributed by atoms with E-state index in [1.807, 2.05) is 30.3 Å². The molecule has 3 amide bonds. The number of carbonyl (C=O) groups is 3. The maximum atomic E-state index is 12.3. The zero-order valence-corrected chi connectivity index (χ0v) is 12.3. The Morgan fingerprint density at radius 1 is 1.36 bits per heavy atom. The number of benzene rings is 1. The molecule has 1 aromatic carbocycles. The molecular formula is C16H18N2O4. The van der Waals surface area contributed by atoms with E-state index >= 15 is 0 Å². The number of carbonyl (C=O) groups excluding carboxylic acids is 3. The van der Waals surface area contributed by atoms with Crippen molar-refractivity contribution in [2.75, 3.05) is 6.54 Å². The van der Waals surface area contributed by atoms with Crippen molar-refractivity contribution in [2.24, 2.45) is 5.92 Å². The zero-order valence-electron chi connectivity index (χ0n) is 12.3. The van der Waals surface area contributed by atoms with Crippen molar-refractivity contribution in [1.29, 1.82) is 0 Å². The number of amides is 3. The first-order chi connectivity index (χ1) is 10.6. The first-order valence-electron chi connectivity index (χ1n) is 7.38. The Kier molecular flexibility index (Phi) is 3.83. The smallest absolute Gasteiger partial charge is 0.410 e. The van der Waals surface area contributed by atoms with E-state index < -0.39 is 6.09 Å². The molecule has 0 radical (unpaired) electrons. The second-order valence-corrected chi connectivity index (χ2v) is 5.72. The van der Waals surface area contributed by atoms with Crippen molar-refractivity contribution in [3.05, 3.63) is 35.9 Å². The number of likely N-dealkylation sites (tertiary alicyclic amines) is 2. The summed E-state index contributed by atoms with van der Waals surface area (Å²) in [5, 5.41) is 0. The van der Waals surface area contributed by atoms with Gasteiger partial charge in [0.05, 0.1) is 18.0 Å². The molecule has 3 atom stereocenters. The quantitative estimate of drug-likeness (QED) is 0.792. The Bertz CT molecular complexity index is 589. The molecule has 6 nitrogen and oxygen atoms in total. The van der Waals surface area contributed by atoms with Gasteiger partial charge in [-0.3, -0.25) is 14.5 Å². The summed E-state index contributed by atoms with van der Waals surface area (Å²) in [5.41, 5.74) is 0.914. The largest absolute Gasteiger partial charge is 0.445 e. The first-order valence-corrected chi connectivity index (χ1v) is 7.38. The molecule has 0 unspecified atom stereocenters. The van der Waals surface area contributed by atoms with E-state index in [-0.39, 0.29) is 30.5 Å². The lowest BCUT2D eigenvalue weighted by Gasteiger charge is -2.25. The molecule has 0 N–H and O–H groups in total. The summed E-state index contributed by atoms with van der Waals surface area (Å²) in [6.45, 7) is 2.46. The highest BCUT2D eigenvalue weighted by Gasteiger charge is 2.53. The Balaban J connectivity index is 1.67. The normalized spacial score (nSPS) is 27.0. The van der Waals surface area contributed by atoms with Crippen molar-refractivity contribution in [3.8, 4) is 0 Å². The van der Waals surface area contributed by atoms with Crippen molar-refractivity contribution in [1.82, 2.24) is 9.80 Å². The minimum absolute atomic E-state index is 0.202. The molecule has 116 valence electrons. The van der Waals surface area contributed by atoms with Gasteiger partial charge in [-0.1, -0.05) is 37.3 Å². The third-order valence-electron chi connectivity index (χ3n) is 4.49. The molecule has 2 aliphatic heterocycles. The van der Waals surface area contributed by atoms with Crippen LogP contribution in [-0.4, -0.2) is 46.8 Å². The van der Waals surface area contributed by atoms with E-state index in [1.54, 1.807) is 11.8 Å². The van der Waals surface area contributed by atoms with Gasteiger partial charge in [0.25, 0.3) is 0 Å². The zero-order chi connectivity index (χ0) is 15.7. The second kappa shape index (κ2) is 5.79. The van der Waals surface area contributed by atoms with Crippen LogP contribution in [0.2, 0.25) is 0 Å². The summed E-state index contributed by atoms with van der Waals surface area (Å²) in [5.74, 6) is -0.590. The summed E-state index contributed by atoms with van der Waals surface area (Å²) in [6, 6.07) is 8.94. The summed E-state index contributed by atoms with van der Waals surface area (Å²) in [6.07, 6.45) is 0.756. The lowest BCUT2D eigenvalue weighted by Crippen LogP contribution is -2.42. The SMILES string of the molecule is C[C@@H]1C(=O)N(C=O)[C@H]2CCN(C(=O)OCc3ccccc3)[C@H]12. The topological polar surface area (TPSA) is 66.9 Å². The number of ether oxygens (including phenoxy) is 1. The van der Waals surface area contributed by atoms with Gasteiger partial charge in [-0.25, -0.2) is 4.79 Å². The predicted molar refractivity (Wildman–Crippen MR) is 77.6 cm³/mol. The molecule has 0 saturated carbocycles. The molecule has 1 aromatic rings. The Morgan fingerprint density at radius 3 is 2.77 bits per heavy atom. The van der Waals surface area contributed by atoms with Crippen LogP contribution in [0.5, 0.6) is 0 Å². The van der Waals surface area contributed by atoms with Crippen LogP contribution in [0.3, 0.4) is 0 Å². The summed E-state index contributed by atoms with van der Waals surface area (Å²) >= 11 is 0. The van der Waals surface area contributed by atoms with Crippen molar-refractivity contribution >= 4 is 18.4 Å². The molecule has 2 aliphatic rings. The number of nitrogens with zero attached hydrogens (tertiary/aromatic N) is 2. The molecule has 0 bridgehead atoms. The molecule has 6 heteroatoms. The highest BCUT2D eigenvalue weighted by molar-refractivity contribution is 5.92. The van der Waals surface area contributed by atoms with E-state index in [9.17, 15) is 14.4 Å². The van der Waals surface area contributed by atoms with Crippen molar-refractivity contribution in [2.45, 2.75) is 32.0 Å². The lowest BCUT2D eigenvalue weighted by molar-refractivity contribution is -0.138. The Hall–Kier alpha value is -2.37. The number of rotatable bonds is 3. The average molecular weight is 302 g/mol. The molecule has 0 spiro atoms. The van der Waals surface area contributed by atoms with Gasteiger partial charge in [-0.2, -0.15) is 0 Å². The fourth-order valence-electron chi connectivity index (χ4n) is 3.40. The van der Waals surface area contributed by atoms with Crippen LogP contribution in [0.4, 0.5) is 4.79 Å². The van der Waals surface area contributed by atoms with E-state index in [4.69, 9.17) is 4.74 Å². The van der Waals surface area contributed by atoms with E-state index in [2.05, 4.69) is 0 Å². The molecule has 0 aromatic heterocycles. The van der Waals surface area contributed by atoms with E-state index in [0.29, 0.717) is 19.4 Å². The van der Waals surface area contributed by atoms with Gasteiger partial charge in [0.15, 0.2) is 0 Å². The summed E-state index contributed by atoms with van der Waals surface area (Å²) in [7, 11) is 0. The van der Waals surface area contributed by atoms with Crippen LogP contribution in [-0.2, 0) is 20.9 Å². The van der Waals surface area contributed by atoms with Crippen LogP contribution >= 0.6 is 0 Å². The van der Waals surface area contributed by atoms with Gasteiger partial charge in [-0.15, -0.1) is 0 Å². The molecule has 2 fully saturated rings. The minimum Gasteiger partial charge on any atom is -0.445 e. The molecule has 2 heterocycles. The van der Waals surface area contributed by atoms with Gasteiger partial charge in [0.1, 0.15) is 6.61 Å². The van der Waals surface area contributed by atoms with Gasteiger partial charge < -0.3 is 9.64 Å². The molecule has 22 heavy (non-hydrogen) atoms.